The lowest BCUT2D eigenvalue weighted by Gasteiger charge is -2.51. The van der Waals surface area contributed by atoms with Crippen LogP contribution in [0.3, 0.4) is 0 Å². The van der Waals surface area contributed by atoms with E-state index in [4.69, 9.17) is 5.41 Å². The van der Waals surface area contributed by atoms with E-state index in [1.807, 2.05) is 13.1 Å². The molecule has 0 spiro atoms. The second kappa shape index (κ2) is 9.49. The maximum atomic E-state index is 11.7. The van der Waals surface area contributed by atoms with Crippen LogP contribution >= 0.6 is 0 Å². The van der Waals surface area contributed by atoms with E-state index in [0.717, 1.165) is 25.8 Å². The van der Waals surface area contributed by atoms with E-state index in [1.54, 1.807) is 0 Å². The summed E-state index contributed by atoms with van der Waals surface area (Å²) < 4.78 is 26.0. The molecule has 1 aliphatic carbocycles. The number of nitrogens with zero attached hydrogens (tertiary/aromatic N) is 1. The zero-order valence-electron chi connectivity index (χ0n) is 17.6. The topological polar surface area (TPSA) is 94.4 Å². The van der Waals surface area contributed by atoms with E-state index in [1.165, 1.54) is 17.5 Å². The Balaban J connectivity index is 1.62. The zero-order valence-corrected chi connectivity index (χ0v) is 18.4. The lowest BCUT2D eigenvalue weighted by atomic mass is 9.57. The Morgan fingerprint density at radius 3 is 2.66 bits per heavy atom. The van der Waals surface area contributed by atoms with Gasteiger partial charge >= 0.3 is 0 Å². The van der Waals surface area contributed by atoms with E-state index in [2.05, 4.69) is 46.2 Å². The number of rotatable bonds is 9. The highest BCUT2D eigenvalue weighted by Gasteiger charge is 2.49. The number of nitrogens with one attached hydrogen (secondary N) is 3. The first-order valence-corrected chi connectivity index (χ1v) is 12.4. The number of aliphatic imine (C=N–C) groups is 1. The van der Waals surface area contributed by atoms with E-state index in [-0.39, 0.29) is 23.1 Å². The third-order valence-corrected chi connectivity index (χ3v) is 7.85. The average Bonchev–Trinajstić information content (AvgIpc) is 2.64. The molecule has 0 radical (unpaired) electrons. The van der Waals surface area contributed by atoms with Gasteiger partial charge < -0.3 is 10.7 Å². The largest absolute Gasteiger partial charge is 0.308 e. The van der Waals surface area contributed by atoms with Gasteiger partial charge in [-0.25, -0.2) is 13.1 Å². The number of sulfonamides is 1. The highest BCUT2D eigenvalue weighted by molar-refractivity contribution is 7.89. The van der Waals surface area contributed by atoms with Gasteiger partial charge in [0.1, 0.15) is 0 Å². The molecule has 0 amide bonds. The summed E-state index contributed by atoms with van der Waals surface area (Å²) in [5.41, 5.74) is 3.33. The molecule has 2 atom stereocenters. The molecule has 160 valence electrons. The van der Waals surface area contributed by atoms with Crippen LogP contribution in [0.2, 0.25) is 0 Å². The van der Waals surface area contributed by atoms with Crippen LogP contribution in [0.1, 0.15) is 50.2 Å². The van der Waals surface area contributed by atoms with Gasteiger partial charge in [0, 0.05) is 29.8 Å². The number of piperidine rings is 1. The van der Waals surface area contributed by atoms with Gasteiger partial charge in [0.05, 0.1) is 18.3 Å². The summed E-state index contributed by atoms with van der Waals surface area (Å²) in [5, 5.41) is 12.5. The normalized spacial score (nSPS) is 24.6. The molecule has 2 aliphatic rings. The van der Waals surface area contributed by atoms with Gasteiger partial charge in [-0.1, -0.05) is 43.2 Å². The summed E-state index contributed by atoms with van der Waals surface area (Å²) in [5.74, 6) is 0.176. The Morgan fingerprint density at radius 2 is 2.03 bits per heavy atom. The molecule has 1 saturated heterocycles. The minimum Gasteiger partial charge on any atom is -0.308 e. The highest BCUT2D eigenvalue weighted by Crippen LogP contribution is 2.48. The van der Waals surface area contributed by atoms with Gasteiger partial charge in [-0.05, 0) is 44.7 Å². The van der Waals surface area contributed by atoms with Crippen LogP contribution in [-0.4, -0.2) is 51.8 Å². The molecule has 0 bridgehead atoms. The number of hydrogen-bond donors (Lipinski definition) is 3. The predicted molar refractivity (Wildman–Crippen MR) is 120 cm³/mol. The Bertz CT molecular complexity index is 829. The van der Waals surface area contributed by atoms with Gasteiger partial charge in [0.2, 0.25) is 10.0 Å². The van der Waals surface area contributed by atoms with E-state index in [0.29, 0.717) is 25.2 Å². The van der Waals surface area contributed by atoms with Gasteiger partial charge in [-0.15, -0.1) is 0 Å². The van der Waals surface area contributed by atoms with Gasteiger partial charge in [0.15, 0.2) is 0 Å². The fourth-order valence-corrected chi connectivity index (χ4v) is 5.59. The first-order chi connectivity index (χ1) is 13.9. The molecule has 3 rings (SSSR count). The van der Waals surface area contributed by atoms with Crippen molar-refractivity contribution in [1.82, 2.24) is 10.0 Å². The van der Waals surface area contributed by atoms with Crippen molar-refractivity contribution in [3.63, 3.8) is 0 Å². The van der Waals surface area contributed by atoms with Crippen LogP contribution in [0.4, 0.5) is 0 Å². The molecule has 29 heavy (non-hydrogen) atoms. The summed E-state index contributed by atoms with van der Waals surface area (Å²) in [6.07, 6.45) is 6.76. The predicted octanol–water partition coefficient (Wildman–Crippen LogP) is 2.81. The fourth-order valence-electron chi connectivity index (χ4n) is 4.51. The van der Waals surface area contributed by atoms with Crippen molar-refractivity contribution >= 4 is 21.9 Å². The van der Waals surface area contributed by atoms with Crippen LogP contribution in [-0.2, 0) is 15.4 Å². The molecule has 7 heteroatoms. The van der Waals surface area contributed by atoms with Crippen molar-refractivity contribution in [3.05, 3.63) is 35.4 Å². The quantitative estimate of drug-likeness (QED) is 0.425. The highest BCUT2D eigenvalue weighted by atomic mass is 32.2. The molecule has 1 aromatic rings. The number of benzene rings is 1. The average molecular weight is 419 g/mol. The Kier molecular flexibility index (Phi) is 7.24. The maximum Gasteiger partial charge on any atom is 0.211 e. The van der Waals surface area contributed by atoms with Crippen LogP contribution in [0.5, 0.6) is 0 Å². The van der Waals surface area contributed by atoms with Crippen molar-refractivity contribution in [2.75, 3.05) is 25.4 Å². The molecule has 6 nitrogen and oxygen atoms in total. The van der Waals surface area contributed by atoms with E-state index in [9.17, 15) is 8.42 Å². The van der Waals surface area contributed by atoms with Gasteiger partial charge in [0.25, 0.3) is 0 Å². The third-order valence-electron chi connectivity index (χ3n) is 6.26. The monoisotopic (exact) mass is 418 g/mol. The minimum atomic E-state index is -3.18. The van der Waals surface area contributed by atoms with Crippen LogP contribution < -0.4 is 10.0 Å². The lowest BCUT2D eigenvalue weighted by Crippen LogP contribution is -2.61. The van der Waals surface area contributed by atoms with Crippen LogP contribution in [0, 0.1) is 18.3 Å². The molecule has 1 aromatic carbocycles. The Labute approximate surface area is 175 Å². The Morgan fingerprint density at radius 1 is 1.31 bits per heavy atom. The molecule has 1 heterocycles. The van der Waals surface area contributed by atoms with E-state index < -0.39 is 10.0 Å². The number of hydrogen-bond acceptors (Lipinski definition) is 5. The van der Waals surface area contributed by atoms with Crippen molar-refractivity contribution in [1.29, 1.82) is 5.41 Å². The Hall–Kier alpha value is -1.57. The van der Waals surface area contributed by atoms with Crippen molar-refractivity contribution in [2.24, 2.45) is 10.9 Å². The van der Waals surface area contributed by atoms with Crippen molar-refractivity contribution in [2.45, 2.75) is 57.4 Å². The second-order valence-corrected chi connectivity index (χ2v) is 10.3. The molecule has 0 aromatic heterocycles. The summed E-state index contributed by atoms with van der Waals surface area (Å²) in [6.45, 7) is 5.55. The minimum absolute atomic E-state index is 0.0209. The van der Waals surface area contributed by atoms with Gasteiger partial charge in [-0.2, -0.15) is 0 Å². The van der Waals surface area contributed by atoms with Crippen LogP contribution in [0.25, 0.3) is 0 Å². The molecule has 2 unspecified atom stereocenters. The maximum absolute atomic E-state index is 11.7. The van der Waals surface area contributed by atoms with Crippen LogP contribution in [0.15, 0.2) is 29.3 Å². The summed E-state index contributed by atoms with van der Waals surface area (Å²) in [4.78, 5) is 4.43. The molecule has 3 N–H and O–H groups in total. The molecule has 2 fully saturated rings. The first-order valence-electron chi connectivity index (χ1n) is 10.7. The zero-order chi connectivity index (χ0) is 20.9. The fraction of sp³-hybridized carbons (Fsp3) is 0.636. The first kappa shape index (κ1) is 22.1. The summed E-state index contributed by atoms with van der Waals surface area (Å²) >= 11 is 0. The SMILES string of the molecule is CCCS(=O)(=O)NCCN=CC1CCNC(C2(c3ccc(C)cc3)CCC2)C1=N. The number of aryl methyl sites for hydroxylation is 1. The molecular formula is C22H34N4O2S. The summed E-state index contributed by atoms with van der Waals surface area (Å²) in [6, 6.07) is 8.83. The third kappa shape index (κ3) is 5.13. The lowest BCUT2D eigenvalue weighted by molar-refractivity contribution is 0.196. The molecule has 1 saturated carbocycles. The summed E-state index contributed by atoms with van der Waals surface area (Å²) in [7, 11) is -3.18. The smallest absolute Gasteiger partial charge is 0.211 e. The second-order valence-electron chi connectivity index (χ2n) is 8.38. The molecular weight excluding hydrogens is 384 g/mol. The van der Waals surface area contributed by atoms with Crippen molar-refractivity contribution in [3.8, 4) is 0 Å². The standard InChI is InChI=1S/C22H34N4O2S/c1-3-15-29(27,28)26-14-13-24-16-18-9-12-25-21(20(18)23)22(10-4-11-22)19-7-5-17(2)6-8-19/h5-8,16,18,21,23,25-26H,3-4,9-15H2,1-2H3. The van der Waals surface area contributed by atoms with E-state index >= 15 is 0 Å². The van der Waals surface area contributed by atoms with Gasteiger partial charge in [-0.3, -0.25) is 4.99 Å². The van der Waals surface area contributed by atoms with Crippen molar-refractivity contribution < 1.29 is 8.42 Å². The molecule has 1 aliphatic heterocycles.